The average molecular weight is 281 g/mol. The Balaban J connectivity index is 2.63. The van der Waals surface area contributed by atoms with Gasteiger partial charge in [-0.05, 0) is 18.2 Å². The molecule has 0 radical (unpaired) electrons. The van der Waals surface area contributed by atoms with Crippen LogP contribution in [0.1, 0.15) is 0 Å². The van der Waals surface area contributed by atoms with Crippen molar-refractivity contribution in [1.29, 1.82) is 0 Å². The standard InChI is InChI=1S/C10H9BrN4O/c1-16-8-3-2-6(11)4-7(8)9-10(12)13-5-14-15-9/h2-5H,1H3,(H2,12,13,14). The monoisotopic (exact) mass is 280 g/mol. The number of rotatable bonds is 2. The van der Waals surface area contributed by atoms with Crippen molar-refractivity contribution in [1.82, 2.24) is 15.2 Å². The van der Waals surface area contributed by atoms with E-state index in [9.17, 15) is 0 Å². The lowest BCUT2D eigenvalue weighted by atomic mass is 10.1. The Bertz CT molecular complexity index is 518. The van der Waals surface area contributed by atoms with Crippen LogP contribution in [0.2, 0.25) is 0 Å². The van der Waals surface area contributed by atoms with Gasteiger partial charge in [0.1, 0.15) is 17.8 Å². The number of hydrogen-bond acceptors (Lipinski definition) is 5. The lowest BCUT2D eigenvalue weighted by Crippen LogP contribution is -2.00. The molecule has 0 amide bonds. The topological polar surface area (TPSA) is 73.9 Å². The van der Waals surface area contributed by atoms with E-state index >= 15 is 0 Å². The summed E-state index contributed by atoms with van der Waals surface area (Å²) in [6.45, 7) is 0. The van der Waals surface area contributed by atoms with Crippen LogP contribution in [0.15, 0.2) is 29.0 Å². The van der Waals surface area contributed by atoms with Gasteiger partial charge in [0, 0.05) is 10.0 Å². The fourth-order valence-electron chi connectivity index (χ4n) is 1.34. The molecule has 2 aromatic rings. The van der Waals surface area contributed by atoms with Gasteiger partial charge in [-0.15, -0.1) is 10.2 Å². The van der Waals surface area contributed by atoms with Gasteiger partial charge in [-0.3, -0.25) is 0 Å². The van der Waals surface area contributed by atoms with Crippen molar-refractivity contribution in [2.45, 2.75) is 0 Å². The fraction of sp³-hybridized carbons (Fsp3) is 0.100. The third-order valence-corrected chi connectivity index (χ3v) is 2.56. The summed E-state index contributed by atoms with van der Waals surface area (Å²) in [6.07, 6.45) is 1.31. The van der Waals surface area contributed by atoms with Gasteiger partial charge in [0.15, 0.2) is 5.82 Å². The Kier molecular flexibility index (Phi) is 3.00. The minimum Gasteiger partial charge on any atom is -0.496 e. The summed E-state index contributed by atoms with van der Waals surface area (Å²) >= 11 is 3.38. The number of nitrogens with two attached hydrogens (primary N) is 1. The first kappa shape index (κ1) is 10.8. The molecule has 1 aromatic heterocycles. The summed E-state index contributed by atoms with van der Waals surface area (Å²) in [5.41, 5.74) is 7.02. The highest BCUT2D eigenvalue weighted by Gasteiger charge is 2.12. The molecule has 82 valence electrons. The van der Waals surface area contributed by atoms with Crippen LogP contribution in [0.3, 0.4) is 0 Å². The van der Waals surface area contributed by atoms with E-state index in [-0.39, 0.29) is 0 Å². The normalized spacial score (nSPS) is 10.1. The maximum atomic E-state index is 5.74. The van der Waals surface area contributed by atoms with Crippen LogP contribution in [0.25, 0.3) is 11.3 Å². The first-order valence-corrected chi connectivity index (χ1v) is 5.28. The van der Waals surface area contributed by atoms with Crippen molar-refractivity contribution in [3.63, 3.8) is 0 Å². The molecule has 0 saturated heterocycles. The van der Waals surface area contributed by atoms with Crippen molar-refractivity contribution in [3.8, 4) is 17.0 Å². The number of methoxy groups -OCH3 is 1. The molecule has 2 rings (SSSR count). The Morgan fingerprint density at radius 1 is 1.38 bits per heavy atom. The molecule has 0 atom stereocenters. The van der Waals surface area contributed by atoms with E-state index in [1.807, 2.05) is 18.2 Å². The molecule has 0 aliphatic rings. The second-order valence-corrected chi connectivity index (χ2v) is 3.95. The van der Waals surface area contributed by atoms with Crippen molar-refractivity contribution >= 4 is 21.7 Å². The van der Waals surface area contributed by atoms with E-state index < -0.39 is 0 Å². The molecule has 6 heteroatoms. The van der Waals surface area contributed by atoms with Gasteiger partial charge in [0.05, 0.1) is 7.11 Å². The van der Waals surface area contributed by atoms with Crippen LogP contribution in [0.4, 0.5) is 5.82 Å². The number of aromatic nitrogens is 3. The highest BCUT2D eigenvalue weighted by atomic mass is 79.9. The van der Waals surface area contributed by atoms with Gasteiger partial charge < -0.3 is 10.5 Å². The molecule has 0 spiro atoms. The number of nitrogens with zero attached hydrogens (tertiary/aromatic N) is 3. The fourth-order valence-corrected chi connectivity index (χ4v) is 1.70. The van der Waals surface area contributed by atoms with E-state index in [4.69, 9.17) is 10.5 Å². The zero-order chi connectivity index (χ0) is 11.5. The zero-order valence-corrected chi connectivity index (χ0v) is 10.1. The summed E-state index contributed by atoms with van der Waals surface area (Å²) in [6, 6.07) is 5.57. The number of nitrogen functional groups attached to an aromatic ring is 1. The molecule has 0 unspecified atom stereocenters. The first-order valence-electron chi connectivity index (χ1n) is 4.49. The number of hydrogen-bond donors (Lipinski definition) is 1. The highest BCUT2D eigenvalue weighted by Crippen LogP contribution is 2.32. The van der Waals surface area contributed by atoms with Gasteiger partial charge in [-0.2, -0.15) is 0 Å². The molecule has 0 saturated carbocycles. The summed E-state index contributed by atoms with van der Waals surface area (Å²) in [5, 5.41) is 7.67. The number of ether oxygens (including phenoxy) is 1. The van der Waals surface area contributed by atoms with Crippen LogP contribution in [0.5, 0.6) is 5.75 Å². The largest absolute Gasteiger partial charge is 0.496 e. The molecule has 0 fully saturated rings. The lowest BCUT2D eigenvalue weighted by Gasteiger charge is -2.08. The lowest BCUT2D eigenvalue weighted by molar-refractivity contribution is 0.416. The minimum atomic E-state index is 0.325. The third kappa shape index (κ3) is 1.96. The van der Waals surface area contributed by atoms with Crippen molar-refractivity contribution in [2.24, 2.45) is 0 Å². The molecule has 16 heavy (non-hydrogen) atoms. The highest BCUT2D eigenvalue weighted by molar-refractivity contribution is 9.10. The van der Waals surface area contributed by atoms with E-state index in [0.29, 0.717) is 17.3 Å². The van der Waals surface area contributed by atoms with Gasteiger partial charge in [0.2, 0.25) is 0 Å². The molecule has 1 aromatic carbocycles. The average Bonchev–Trinajstić information content (AvgIpc) is 2.29. The predicted octanol–water partition coefficient (Wildman–Crippen LogP) is 1.89. The Morgan fingerprint density at radius 3 is 2.88 bits per heavy atom. The van der Waals surface area contributed by atoms with E-state index in [1.54, 1.807) is 7.11 Å². The molecule has 5 nitrogen and oxygen atoms in total. The molecule has 0 aliphatic carbocycles. The molecule has 0 aliphatic heterocycles. The SMILES string of the molecule is COc1ccc(Br)cc1-c1nncnc1N. The number of anilines is 1. The molecular weight excluding hydrogens is 272 g/mol. The molecule has 0 bridgehead atoms. The molecular formula is C10H9BrN4O. The van der Waals surface area contributed by atoms with Crippen molar-refractivity contribution in [2.75, 3.05) is 12.8 Å². The van der Waals surface area contributed by atoms with E-state index in [1.165, 1.54) is 6.33 Å². The third-order valence-electron chi connectivity index (χ3n) is 2.07. The van der Waals surface area contributed by atoms with Crippen LogP contribution in [-0.4, -0.2) is 22.3 Å². The van der Waals surface area contributed by atoms with Crippen molar-refractivity contribution < 1.29 is 4.74 Å². The number of halogens is 1. The Hall–Kier alpha value is -1.69. The second-order valence-electron chi connectivity index (χ2n) is 3.04. The maximum absolute atomic E-state index is 5.74. The second kappa shape index (κ2) is 4.44. The van der Waals surface area contributed by atoms with Crippen molar-refractivity contribution in [3.05, 3.63) is 29.0 Å². The van der Waals surface area contributed by atoms with Gasteiger partial charge in [-0.1, -0.05) is 15.9 Å². The zero-order valence-electron chi connectivity index (χ0n) is 8.51. The minimum absolute atomic E-state index is 0.325. The Labute approximate surface area is 101 Å². The van der Waals surface area contributed by atoms with Crippen LogP contribution in [-0.2, 0) is 0 Å². The summed E-state index contributed by atoms with van der Waals surface area (Å²) in [7, 11) is 1.59. The van der Waals surface area contributed by atoms with E-state index in [0.717, 1.165) is 10.0 Å². The first-order chi connectivity index (χ1) is 7.72. The number of benzene rings is 1. The summed E-state index contributed by atoms with van der Waals surface area (Å²) < 4.78 is 6.15. The van der Waals surface area contributed by atoms with Crippen LogP contribution in [0, 0.1) is 0 Å². The molecule has 1 heterocycles. The maximum Gasteiger partial charge on any atom is 0.153 e. The van der Waals surface area contributed by atoms with Gasteiger partial charge >= 0.3 is 0 Å². The quantitative estimate of drug-likeness (QED) is 0.909. The van der Waals surface area contributed by atoms with Gasteiger partial charge in [-0.25, -0.2) is 4.98 Å². The summed E-state index contributed by atoms with van der Waals surface area (Å²) in [4.78, 5) is 3.89. The molecule has 2 N–H and O–H groups in total. The van der Waals surface area contributed by atoms with Crippen LogP contribution >= 0.6 is 15.9 Å². The van der Waals surface area contributed by atoms with Gasteiger partial charge in [0.25, 0.3) is 0 Å². The summed E-state index contributed by atoms with van der Waals surface area (Å²) in [5.74, 6) is 1.00. The Morgan fingerprint density at radius 2 is 2.19 bits per heavy atom. The van der Waals surface area contributed by atoms with E-state index in [2.05, 4.69) is 31.1 Å². The predicted molar refractivity (Wildman–Crippen MR) is 63.9 cm³/mol. The van der Waals surface area contributed by atoms with Crippen LogP contribution < -0.4 is 10.5 Å². The smallest absolute Gasteiger partial charge is 0.153 e.